The maximum Gasteiger partial charge on any atom is 0.433 e. The van der Waals surface area contributed by atoms with Crippen LogP contribution in [0.3, 0.4) is 0 Å². The summed E-state index contributed by atoms with van der Waals surface area (Å²) in [5, 5.41) is 3.26. The van der Waals surface area contributed by atoms with Gasteiger partial charge in [-0.1, -0.05) is 18.2 Å². The van der Waals surface area contributed by atoms with Gasteiger partial charge in [0.05, 0.1) is 6.61 Å². The molecule has 1 aliphatic rings. The molecule has 0 bridgehead atoms. The van der Waals surface area contributed by atoms with Gasteiger partial charge in [0, 0.05) is 31.3 Å². The highest BCUT2D eigenvalue weighted by molar-refractivity contribution is 5.28. The van der Waals surface area contributed by atoms with E-state index in [9.17, 15) is 17.6 Å². The second-order valence-corrected chi connectivity index (χ2v) is 6.24. The van der Waals surface area contributed by atoms with E-state index >= 15 is 0 Å². The van der Waals surface area contributed by atoms with Crippen LogP contribution in [0, 0.1) is 5.82 Å². The highest BCUT2D eigenvalue weighted by Gasteiger charge is 2.36. The van der Waals surface area contributed by atoms with Crippen LogP contribution in [-0.2, 0) is 22.9 Å². The Kier molecular flexibility index (Phi) is 5.06. The first kappa shape index (κ1) is 17.8. The zero-order chi connectivity index (χ0) is 17.9. The summed E-state index contributed by atoms with van der Waals surface area (Å²) in [6.07, 6.45) is -2.40. The van der Waals surface area contributed by atoms with Crippen molar-refractivity contribution in [3.63, 3.8) is 0 Å². The van der Waals surface area contributed by atoms with Crippen LogP contribution in [0.15, 0.2) is 42.6 Å². The zero-order valence-electron chi connectivity index (χ0n) is 13.4. The average molecular weight is 354 g/mol. The Morgan fingerprint density at radius 1 is 1.12 bits per heavy atom. The molecular formula is C18H18F4N2O. The second kappa shape index (κ2) is 7.09. The van der Waals surface area contributed by atoms with Crippen molar-refractivity contribution in [2.45, 2.75) is 24.6 Å². The molecule has 0 amide bonds. The Bertz CT molecular complexity index is 693. The largest absolute Gasteiger partial charge is 0.433 e. The number of ether oxygens (including phenoxy) is 1. The van der Waals surface area contributed by atoms with Gasteiger partial charge >= 0.3 is 6.18 Å². The molecule has 1 atom stereocenters. The lowest BCUT2D eigenvalue weighted by atomic mass is 9.79. The SMILES string of the molecule is Fc1ccc([C@]2(CNCc3ccc(C(F)(F)F)nc3)CCOC2)cc1. The van der Waals surface area contributed by atoms with Gasteiger partial charge in [-0.05, 0) is 35.7 Å². The maximum atomic E-state index is 13.2. The minimum absolute atomic E-state index is 0.257. The molecule has 0 unspecified atom stereocenters. The van der Waals surface area contributed by atoms with Crippen LogP contribution in [0.1, 0.15) is 23.2 Å². The van der Waals surface area contributed by atoms with E-state index in [1.165, 1.54) is 24.4 Å². The van der Waals surface area contributed by atoms with Crippen molar-refractivity contribution >= 4 is 0 Å². The molecule has 25 heavy (non-hydrogen) atoms. The van der Waals surface area contributed by atoms with Crippen LogP contribution in [0.5, 0.6) is 0 Å². The topological polar surface area (TPSA) is 34.2 Å². The van der Waals surface area contributed by atoms with Gasteiger partial charge in [0.1, 0.15) is 11.5 Å². The molecule has 2 heterocycles. The number of hydrogen-bond donors (Lipinski definition) is 1. The molecule has 2 aromatic rings. The Morgan fingerprint density at radius 2 is 1.88 bits per heavy atom. The van der Waals surface area contributed by atoms with Crippen molar-refractivity contribution in [2.75, 3.05) is 19.8 Å². The van der Waals surface area contributed by atoms with Crippen LogP contribution in [0.25, 0.3) is 0 Å². The molecule has 1 aromatic heterocycles. The van der Waals surface area contributed by atoms with Crippen molar-refractivity contribution in [2.24, 2.45) is 0 Å². The molecule has 0 spiro atoms. The van der Waals surface area contributed by atoms with E-state index in [-0.39, 0.29) is 11.2 Å². The Balaban J connectivity index is 1.64. The predicted molar refractivity (Wildman–Crippen MR) is 84.5 cm³/mol. The third-order valence-corrected chi connectivity index (χ3v) is 4.47. The van der Waals surface area contributed by atoms with Crippen molar-refractivity contribution < 1.29 is 22.3 Å². The fourth-order valence-corrected chi connectivity index (χ4v) is 3.02. The number of halogens is 4. The van der Waals surface area contributed by atoms with Gasteiger partial charge in [0.25, 0.3) is 0 Å². The number of hydrogen-bond acceptors (Lipinski definition) is 3. The summed E-state index contributed by atoms with van der Waals surface area (Å²) in [6, 6.07) is 8.76. The van der Waals surface area contributed by atoms with Crippen molar-refractivity contribution in [1.82, 2.24) is 10.3 Å². The fourth-order valence-electron chi connectivity index (χ4n) is 3.02. The van der Waals surface area contributed by atoms with E-state index in [2.05, 4.69) is 10.3 Å². The van der Waals surface area contributed by atoms with Crippen LogP contribution in [-0.4, -0.2) is 24.7 Å². The molecule has 1 aliphatic heterocycles. The van der Waals surface area contributed by atoms with Gasteiger partial charge < -0.3 is 10.1 Å². The van der Waals surface area contributed by atoms with Gasteiger partial charge in [-0.3, -0.25) is 4.98 Å². The first-order valence-electron chi connectivity index (χ1n) is 7.96. The number of nitrogens with one attached hydrogen (secondary N) is 1. The van der Waals surface area contributed by atoms with Crippen molar-refractivity contribution in [3.05, 3.63) is 65.2 Å². The molecule has 7 heteroatoms. The molecule has 1 N–H and O–H groups in total. The summed E-state index contributed by atoms with van der Waals surface area (Å²) in [6.45, 7) is 2.13. The van der Waals surface area contributed by atoms with Crippen LogP contribution in [0.2, 0.25) is 0 Å². The highest BCUT2D eigenvalue weighted by atomic mass is 19.4. The third-order valence-electron chi connectivity index (χ3n) is 4.47. The van der Waals surface area contributed by atoms with E-state index < -0.39 is 11.9 Å². The maximum absolute atomic E-state index is 13.2. The van der Waals surface area contributed by atoms with Crippen molar-refractivity contribution in [1.29, 1.82) is 0 Å². The summed E-state index contributed by atoms with van der Waals surface area (Å²) in [5.74, 6) is -0.290. The number of rotatable bonds is 5. The summed E-state index contributed by atoms with van der Waals surface area (Å²) < 4.78 is 56.3. The van der Waals surface area contributed by atoms with E-state index in [0.29, 0.717) is 31.9 Å². The molecule has 0 saturated carbocycles. The van der Waals surface area contributed by atoms with Gasteiger partial charge in [-0.15, -0.1) is 0 Å². The Hall–Kier alpha value is -1.99. The number of aromatic nitrogens is 1. The number of pyridine rings is 1. The lowest BCUT2D eigenvalue weighted by molar-refractivity contribution is -0.141. The highest BCUT2D eigenvalue weighted by Crippen LogP contribution is 2.33. The third kappa shape index (κ3) is 4.16. The molecule has 1 fully saturated rings. The molecular weight excluding hydrogens is 336 g/mol. The van der Waals surface area contributed by atoms with E-state index in [1.54, 1.807) is 12.1 Å². The first-order chi connectivity index (χ1) is 11.9. The summed E-state index contributed by atoms with van der Waals surface area (Å²) in [4.78, 5) is 3.45. The van der Waals surface area contributed by atoms with E-state index in [1.807, 2.05) is 0 Å². The summed E-state index contributed by atoms with van der Waals surface area (Å²) in [5.41, 5.74) is 0.501. The fraction of sp³-hybridized carbons (Fsp3) is 0.389. The average Bonchev–Trinajstić information content (AvgIpc) is 3.05. The molecule has 0 radical (unpaired) electrons. The zero-order valence-corrected chi connectivity index (χ0v) is 13.4. The van der Waals surface area contributed by atoms with Crippen LogP contribution < -0.4 is 5.32 Å². The molecule has 134 valence electrons. The van der Waals surface area contributed by atoms with Crippen molar-refractivity contribution in [3.8, 4) is 0 Å². The van der Waals surface area contributed by atoms with Gasteiger partial charge in [-0.2, -0.15) is 13.2 Å². The van der Waals surface area contributed by atoms with Gasteiger partial charge in [0.2, 0.25) is 0 Å². The lowest BCUT2D eigenvalue weighted by Crippen LogP contribution is -2.38. The minimum Gasteiger partial charge on any atom is -0.380 e. The standard InChI is InChI=1S/C18H18F4N2O/c19-15-4-2-14(3-5-15)17(7-8-25-12-17)11-23-9-13-1-6-16(24-10-13)18(20,21)22/h1-6,10,23H,7-9,11-12H2/t17-/m0/s1. The minimum atomic E-state index is -4.43. The van der Waals surface area contributed by atoms with E-state index in [0.717, 1.165) is 18.1 Å². The van der Waals surface area contributed by atoms with Gasteiger partial charge in [-0.25, -0.2) is 4.39 Å². The second-order valence-electron chi connectivity index (χ2n) is 6.24. The lowest BCUT2D eigenvalue weighted by Gasteiger charge is -2.28. The Morgan fingerprint density at radius 3 is 2.44 bits per heavy atom. The summed E-state index contributed by atoms with van der Waals surface area (Å²) in [7, 11) is 0. The summed E-state index contributed by atoms with van der Waals surface area (Å²) >= 11 is 0. The van der Waals surface area contributed by atoms with Crippen LogP contribution in [0.4, 0.5) is 17.6 Å². The number of alkyl halides is 3. The monoisotopic (exact) mass is 354 g/mol. The first-order valence-corrected chi connectivity index (χ1v) is 7.96. The van der Waals surface area contributed by atoms with Crippen LogP contribution >= 0.6 is 0 Å². The normalized spacial score (nSPS) is 20.8. The molecule has 1 aromatic carbocycles. The Labute approximate surface area is 143 Å². The van der Waals surface area contributed by atoms with E-state index in [4.69, 9.17) is 4.74 Å². The molecule has 3 rings (SSSR count). The number of nitrogens with zero attached hydrogens (tertiary/aromatic N) is 1. The smallest absolute Gasteiger partial charge is 0.380 e. The molecule has 0 aliphatic carbocycles. The quantitative estimate of drug-likeness (QED) is 0.832. The molecule has 3 nitrogen and oxygen atoms in total. The predicted octanol–water partition coefficient (Wildman–Crippen LogP) is 3.69. The molecule has 1 saturated heterocycles. The van der Waals surface area contributed by atoms with Gasteiger partial charge in [0.15, 0.2) is 0 Å². The number of benzene rings is 1.